The largest absolute Gasteiger partial charge is 0.477 e. The van der Waals surface area contributed by atoms with Crippen molar-refractivity contribution in [3.63, 3.8) is 0 Å². The lowest BCUT2D eigenvalue weighted by molar-refractivity contribution is -0.0210. The minimum Gasteiger partial charge on any atom is -0.477 e. The fourth-order valence-electron chi connectivity index (χ4n) is 4.61. The van der Waals surface area contributed by atoms with Crippen LogP contribution in [-0.4, -0.2) is 86.6 Å². The molecule has 2 aliphatic rings. The van der Waals surface area contributed by atoms with Gasteiger partial charge in [0.05, 0.1) is 30.6 Å². The van der Waals surface area contributed by atoms with Crippen LogP contribution >= 0.6 is 0 Å². The van der Waals surface area contributed by atoms with Crippen molar-refractivity contribution < 1.29 is 24.2 Å². The summed E-state index contributed by atoms with van der Waals surface area (Å²) in [4.78, 5) is 46.0. The molecule has 0 radical (unpaired) electrons. The third-order valence-electron chi connectivity index (χ3n) is 6.86. The summed E-state index contributed by atoms with van der Waals surface area (Å²) >= 11 is 0. The predicted molar refractivity (Wildman–Crippen MR) is 140 cm³/mol. The van der Waals surface area contributed by atoms with Gasteiger partial charge in [-0.25, -0.2) is 24.5 Å². The number of hydrogen-bond donors (Lipinski definition) is 3. The normalized spacial score (nSPS) is 23.3. The molecule has 3 amide bonds. The summed E-state index contributed by atoms with van der Waals surface area (Å²) in [6, 6.07) is 1.24. The minimum absolute atomic E-state index is 0.0758. The number of ether oxygens (including phenoxy) is 2. The van der Waals surface area contributed by atoms with E-state index in [2.05, 4.69) is 30.6 Å². The first kappa shape index (κ1) is 27.3. The van der Waals surface area contributed by atoms with Gasteiger partial charge in [0.25, 0.3) is 0 Å². The SMILES string of the molecule is CCOc1cnc(NC(=O)N(C)[C@@H]2CCCN(c3nccc(NC(=O)OC4CCC(C)(O)CC4)n3)C2)cn1. The molecule has 206 valence electrons. The van der Waals surface area contributed by atoms with Crippen LogP contribution in [0, 0.1) is 0 Å². The molecule has 2 aromatic rings. The molecule has 38 heavy (non-hydrogen) atoms. The topological polar surface area (TPSA) is 155 Å². The molecule has 1 atom stereocenters. The number of carbonyl (C=O) groups is 2. The van der Waals surface area contributed by atoms with Crippen LogP contribution in [0.1, 0.15) is 52.4 Å². The zero-order valence-corrected chi connectivity index (χ0v) is 22.1. The van der Waals surface area contributed by atoms with Crippen LogP contribution in [0.15, 0.2) is 24.7 Å². The van der Waals surface area contributed by atoms with Gasteiger partial charge in [-0.05, 0) is 58.4 Å². The van der Waals surface area contributed by atoms with Gasteiger partial charge >= 0.3 is 12.1 Å². The first-order valence-electron chi connectivity index (χ1n) is 13.0. The Hall–Kier alpha value is -3.74. The van der Waals surface area contributed by atoms with Crippen molar-refractivity contribution in [3.05, 3.63) is 24.7 Å². The zero-order chi connectivity index (χ0) is 27.1. The summed E-state index contributed by atoms with van der Waals surface area (Å²) in [7, 11) is 1.74. The fourth-order valence-corrected chi connectivity index (χ4v) is 4.61. The van der Waals surface area contributed by atoms with E-state index >= 15 is 0 Å². The van der Waals surface area contributed by atoms with Gasteiger partial charge < -0.3 is 24.4 Å². The number of amides is 3. The number of aromatic nitrogens is 4. The molecule has 13 heteroatoms. The second kappa shape index (κ2) is 12.2. The molecular formula is C25H36N8O5. The number of nitrogens with zero attached hydrogens (tertiary/aromatic N) is 6. The number of anilines is 3. The van der Waals surface area contributed by atoms with E-state index in [9.17, 15) is 14.7 Å². The molecule has 1 aliphatic heterocycles. The van der Waals surface area contributed by atoms with E-state index in [0.717, 1.165) is 19.4 Å². The van der Waals surface area contributed by atoms with E-state index in [1.54, 1.807) is 31.1 Å². The lowest BCUT2D eigenvalue weighted by Gasteiger charge is -2.37. The first-order valence-corrected chi connectivity index (χ1v) is 13.0. The van der Waals surface area contributed by atoms with Crippen LogP contribution in [-0.2, 0) is 4.74 Å². The van der Waals surface area contributed by atoms with Gasteiger partial charge in [0, 0.05) is 26.3 Å². The molecule has 0 bridgehead atoms. The van der Waals surface area contributed by atoms with Crippen LogP contribution in [0.3, 0.4) is 0 Å². The van der Waals surface area contributed by atoms with E-state index < -0.39 is 11.7 Å². The number of likely N-dealkylation sites (N-methyl/N-ethyl adjacent to an activating group) is 1. The number of carbonyl (C=O) groups excluding carboxylic acids is 2. The summed E-state index contributed by atoms with van der Waals surface area (Å²) in [6.07, 6.45) is 7.81. The van der Waals surface area contributed by atoms with E-state index in [0.29, 0.717) is 62.3 Å². The van der Waals surface area contributed by atoms with Crippen molar-refractivity contribution in [1.82, 2.24) is 24.8 Å². The lowest BCUT2D eigenvalue weighted by atomic mass is 9.85. The fraction of sp³-hybridized carbons (Fsp3) is 0.600. The Morgan fingerprint density at radius 1 is 1.16 bits per heavy atom. The number of aliphatic hydroxyl groups is 1. The second-order valence-corrected chi connectivity index (χ2v) is 9.92. The van der Waals surface area contributed by atoms with Gasteiger partial charge in [-0.2, -0.15) is 4.98 Å². The predicted octanol–water partition coefficient (Wildman–Crippen LogP) is 3.04. The highest BCUT2D eigenvalue weighted by Gasteiger charge is 2.31. The van der Waals surface area contributed by atoms with E-state index in [-0.39, 0.29) is 18.2 Å². The number of nitrogens with one attached hydrogen (secondary N) is 2. The summed E-state index contributed by atoms with van der Waals surface area (Å²) in [6.45, 7) is 5.41. The molecule has 0 aromatic carbocycles. The highest BCUT2D eigenvalue weighted by molar-refractivity contribution is 5.88. The minimum atomic E-state index is -0.692. The molecule has 1 aliphatic carbocycles. The van der Waals surface area contributed by atoms with Crippen molar-refractivity contribution in [3.8, 4) is 5.88 Å². The molecule has 3 heterocycles. The smallest absolute Gasteiger partial charge is 0.413 e. The van der Waals surface area contributed by atoms with Crippen molar-refractivity contribution in [2.24, 2.45) is 0 Å². The Kier molecular flexibility index (Phi) is 8.77. The van der Waals surface area contributed by atoms with Crippen LogP contribution in [0.5, 0.6) is 5.88 Å². The van der Waals surface area contributed by atoms with E-state index in [1.807, 2.05) is 11.8 Å². The van der Waals surface area contributed by atoms with E-state index in [4.69, 9.17) is 9.47 Å². The van der Waals surface area contributed by atoms with Crippen LogP contribution in [0.4, 0.5) is 27.2 Å². The maximum absolute atomic E-state index is 12.8. The molecular weight excluding hydrogens is 492 g/mol. The number of hydrogen-bond acceptors (Lipinski definition) is 10. The van der Waals surface area contributed by atoms with E-state index in [1.165, 1.54) is 12.4 Å². The number of rotatable bonds is 7. The standard InChI is InChI=1S/C25H36N8O5/c1-4-37-21-15-27-20(14-28-21)30-23(34)32(3)17-6-5-13-33(16-17)22-26-12-9-19(29-22)31-24(35)38-18-7-10-25(2,36)11-8-18/h9,12,14-15,17-18,36H,4-8,10-11,13,16H2,1-3H3,(H,27,30,34)(H,26,29,31,35)/t17-,18?,25?/m1/s1. The highest BCUT2D eigenvalue weighted by atomic mass is 16.6. The Labute approximate surface area is 222 Å². The first-order chi connectivity index (χ1) is 18.2. The average molecular weight is 529 g/mol. The molecule has 1 saturated carbocycles. The van der Waals surface area contributed by atoms with Gasteiger partial charge in [0.1, 0.15) is 11.9 Å². The zero-order valence-electron chi connectivity index (χ0n) is 22.1. The third-order valence-corrected chi connectivity index (χ3v) is 6.86. The Morgan fingerprint density at radius 3 is 2.66 bits per heavy atom. The Balaban J connectivity index is 1.30. The van der Waals surface area contributed by atoms with Gasteiger partial charge in [-0.3, -0.25) is 10.6 Å². The van der Waals surface area contributed by atoms with Crippen LogP contribution in [0.2, 0.25) is 0 Å². The monoisotopic (exact) mass is 528 g/mol. The van der Waals surface area contributed by atoms with Crippen LogP contribution in [0.25, 0.3) is 0 Å². The van der Waals surface area contributed by atoms with Crippen molar-refractivity contribution in [1.29, 1.82) is 0 Å². The Morgan fingerprint density at radius 2 is 1.95 bits per heavy atom. The van der Waals surface area contributed by atoms with Crippen molar-refractivity contribution in [2.45, 2.75) is 70.1 Å². The van der Waals surface area contributed by atoms with Crippen molar-refractivity contribution >= 4 is 29.7 Å². The van der Waals surface area contributed by atoms with Gasteiger partial charge in [-0.15, -0.1) is 0 Å². The molecule has 0 spiro atoms. The average Bonchev–Trinajstić information content (AvgIpc) is 2.91. The molecule has 0 unspecified atom stereocenters. The molecule has 1 saturated heterocycles. The molecule has 3 N–H and O–H groups in total. The quantitative estimate of drug-likeness (QED) is 0.488. The molecule has 2 aromatic heterocycles. The summed E-state index contributed by atoms with van der Waals surface area (Å²) < 4.78 is 10.8. The number of piperidine rings is 1. The Bertz CT molecular complexity index is 1090. The van der Waals surface area contributed by atoms with Gasteiger partial charge in [-0.1, -0.05) is 0 Å². The molecule has 2 fully saturated rings. The van der Waals surface area contributed by atoms with Gasteiger partial charge in [0.15, 0.2) is 5.82 Å². The van der Waals surface area contributed by atoms with Gasteiger partial charge in [0.2, 0.25) is 11.8 Å². The summed E-state index contributed by atoms with van der Waals surface area (Å²) in [5.41, 5.74) is -0.692. The third kappa shape index (κ3) is 7.40. The lowest BCUT2D eigenvalue weighted by Crippen LogP contribution is -2.50. The maximum Gasteiger partial charge on any atom is 0.413 e. The number of urea groups is 1. The maximum atomic E-state index is 12.8. The highest BCUT2D eigenvalue weighted by Crippen LogP contribution is 2.29. The molecule has 4 rings (SSSR count). The van der Waals surface area contributed by atoms with Crippen LogP contribution < -0.4 is 20.3 Å². The molecule has 13 nitrogen and oxygen atoms in total. The summed E-state index contributed by atoms with van der Waals surface area (Å²) in [5.74, 6) is 1.54. The summed E-state index contributed by atoms with van der Waals surface area (Å²) in [5, 5.41) is 15.5. The van der Waals surface area contributed by atoms with Crippen molar-refractivity contribution in [2.75, 3.05) is 42.3 Å². The second-order valence-electron chi connectivity index (χ2n) is 9.92.